The van der Waals surface area contributed by atoms with Crippen molar-refractivity contribution in [1.29, 1.82) is 0 Å². The molecule has 0 unspecified atom stereocenters. The fraction of sp³-hybridized carbons (Fsp3) is 0.733. The van der Waals surface area contributed by atoms with E-state index in [-0.39, 0.29) is 11.8 Å². The first-order valence-electron chi connectivity index (χ1n) is 7.19. The zero-order valence-electron chi connectivity index (χ0n) is 11.7. The third kappa shape index (κ3) is 5.51. The summed E-state index contributed by atoms with van der Waals surface area (Å²) in [5.41, 5.74) is 0. The maximum atomic E-state index is 9.98. The van der Waals surface area contributed by atoms with Gasteiger partial charge in [-0.15, -0.1) is 0 Å². The van der Waals surface area contributed by atoms with Crippen LogP contribution in [0.15, 0.2) is 24.3 Å². The van der Waals surface area contributed by atoms with Crippen LogP contribution in [0.5, 0.6) is 0 Å². The van der Waals surface area contributed by atoms with Gasteiger partial charge in [0.15, 0.2) is 0 Å². The van der Waals surface area contributed by atoms with Gasteiger partial charge in [-0.1, -0.05) is 44.1 Å². The first-order chi connectivity index (χ1) is 9.06. The van der Waals surface area contributed by atoms with Gasteiger partial charge < -0.3 is 15.3 Å². The molecule has 5 atom stereocenters. The Balaban J connectivity index is 2.54. The minimum absolute atomic E-state index is 0.00266. The lowest BCUT2D eigenvalue weighted by atomic mass is 9.88. The summed E-state index contributed by atoms with van der Waals surface area (Å²) in [7, 11) is 5.26. The average molecular weight is 264 g/mol. The van der Waals surface area contributed by atoms with Crippen LogP contribution in [0.2, 0.25) is 0 Å². The molecule has 3 nitrogen and oxygen atoms in total. The highest BCUT2D eigenvalue weighted by Gasteiger charge is 2.39. The van der Waals surface area contributed by atoms with Crippen LogP contribution in [0, 0.1) is 11.8 Å². The van der Waals surface area contributed by atoms with Gasteiger partial charge in [0.25, 0.3) is 0 Å². The Morgan fingerprint density at radius 3 is 2.63 bits per heavy atom. The smallest absolute Gasteiger partial charge is 0.114 e. The number of hydrogen-bond donors (Lipinski definition) is 3. The van der Waals surface area contributed by atoms with E-state index in [0.717, 1.165) is 12.8 Å². The van der Waals surface area contributed by atoms with E-state index in [1.165, 1.54) is 18.9 Å². The summed E-state index contributed by atoms with van der Waals surface area (Å²) < 4.78 is 0. The van der Waals surface area contributed by atoms with Crippen molar-refractivity contribution >= 4 is 7.85 Å². The molecule has 19 heavy (non-hydrogen) atoms. The standard InChI is InChI=1S/C15H25BO3/c1-2-3-4-5-6-7-11-12(8-9-15(16)19)14(18)10-13(11)17/h5-6,8-9,11-15,17-19H,2-4,7,10H2,1H3/b6-5-,9-8?/t11-,12-,13+,14-,15+/m1/s1. The summed E-state index contributed by atoms with van der Waals surface area (Å²) >= 11 is 0. The van der Waals surface area contributed by atoms with Crippen LogP contribution >= 0.6 is 0 Å². The van der Waals surface area contributed by atoms with Crippen molar-refractivity contribution in [2.75, 3.05) is 0 Å². The third-order valence-corrected chi connectivity index (χ3v) is 3.75. The second-order valence-corrected chi connectivity index (χ2v) is 5.34. The van der Waals surface area contributed by atoms with Gasteiger partial charge in [0.1, 0.15) is 7.85 Å². The third-order valence-electron chi connectivity index (χ3n) is 3.75. The molecular weight excluding hydrogens is 239 g/mol. The van der Waals surface area contributed by atoms with Crippen molar-refractivity contribution in [3.63, 3.8) is 0 Å². The summed E-state index contributed by atoms with van der Waals surface area (Å²) in [6, 6.07) is -1.01. The molecule has 0 aliphatic heterocycles. The van der Waals surface area contributed by atoms with E-state index < -0.39 is 18.2 Å². The van der Waals surface area contributed by atoms with Gasteiger partial charge in [0.05, 0.1) is 12.2 Å². The molecule has 0 heterocycles. The molecule has 0 aromatic heterocycles. The number of aliphatic hydroxyl groups excluding tert-OH is 3. The zero-order valence-corrected chi connectivity index (χ0v) is 11.7. The lowest BCUT2D eigenvalue weighted by Gasteiger charge is -2.19. The molecule has 0 aromatic rings. The summed E-state index contributed by atoms with van der Waals surface area (Å²) in [4.78, 5) is 0. The summed E-state index contributed by atoms with van der Waals surface area (Å²) in [5, 5.41) is 29.0. The van der Waals surface area contributed by atoms with Crippen LogP contribution in [0.1, 0.15) is 39.0 Å². The molecule has 1 aliphatic carbocycles. The van der Waals surface area contributed by atoms with Gasteiger partial charge in [0, 0.05) is 18.3 Å². The second kappa shape index (κ2) is 8.57. The molecule has 1 fully saturated rings. The van der Waals surface area contributed by atoms with Gasteiger partial charge in [0.2, 0.25) is 0 Å². The molecule has 106 valence electrons. The molecule has 1 saturated carbocycles. The average Bonchev–Trinajstić information content (AvgIpc) is 2.61. The predicted molar refractivity (Wildman–Crippen MR) is 77.8 cm³/mol. The van der Waals surface area contributed by atoms with E-state index >= 15 is 0 Å². The molecular formula is C15H25BO3. The highest BCUT2D eigenvalue weighted by molar-refractivity contribution is 6.12. The predicted octanol–water partition coefficient (Wildman–Crippen LogP) is 1.52. The zero-order chi connectivity index (χ0) is 14.3. The molecule has 0 spiro atoms. The molecule has 0 bridgehead atoms. The van der Waals surface area contributed by atoms with Crippen LogP contribution in [0.3, 0.4) is 0 Å². The van der Waals surface area contributed by atoms with Gasteiger partial charge in [-0.2, -0.15) is 0 Å². The van der Waals surface area contributed by atoms with Gasteiger partial charge >= 0.3 is 0 Å². The van der Waals surface area contributed by atoms with Crippen LogP contribution in [-0.2, 0) is 0 Å². The fourth-order valence-electron chi connectivity index (χ4n) is 2.64. The van der Waals surface area contributed by atoms with E-state index in [0.29, 0.717) is 6.42 Å². The minimum atomic E-state index is -1.01. The first-order valence-corrected chi connectivity index (χ1v) is 7.19. The Morgan fingerprint density at radius 1 is 1.26 bits per heavy atom. The van der Waals surface area contributed by atoms with E-state index in [4.69, 9.17) is 13.0 Å². The summed E-state index contributed by atoms with van der Waals surface area (Å²) in [5.74, 6) is -0.132. The van der Waals surface area contributed by atoms with Gasteiger partial charge in [-0.05, 0) is 18.8 Å². The maximum Gasteiger partial charge on any atom is 0.114 e. The molecule has 4 heteroatoms. The van der Waals surface area contributed by atoms with Crippen LogP contribution in [0.4, 0.5) is 0 Å². The molecule has 3 N–H and O–H groups in total. The van der Waals surface area contributed by atoms with Crippen LogP contribution < -0.4 is 0 Å². The molecule has 0 aromatic carbocycles. The minimum Gasteiger partial charge on any atom is -0.399 e. The van der Waals surface area contributed by atoms with Crippen molar-refractivity contribution in [3.8, 4) is 0 Å². The number of rotatable bonds is 7. The van der Waals surface area contributed by atoms with Crippen LogP contribution in [-0.4, -0.2) is 41.4 Å². The van der Waals surface area contributed by atoms with Gasteiger partial charge in [-0.25, -0.2) is 0 Å². The second-order valence-electron chi connectivity index (χ2n) is 5.34. The summed E-state index contributed by atoms with van der Waals surface area (Å²) in [6.45, 7) is 2.16. The van der Waals surface area contributed by atoms with Crippen molar-refractivity contribution in [3.05, 3.63) is 24.3 Å². The van der Waals surface area contributed by atoms with Crippen molar-refractivity contribution in [2.45, 2.75) is 57.2 Å². The van der Waals surface area contributed by atoms with E-state index in [9.17, 15) is 10.2 Å². The Bertz CT molecular complexity index is 302. The Labute approximate surface area is 117 Å². The number of aliphatic hydroxyl groups is 3. The SMILES string of the molecule is [B][C@@H](O)C=C[C@@H]1[C@@H](C/C=C\CCCC)[C@@H](O)C[C@H]1O. The van der Waals surface area contributed by atoms with Crippen LogP contribution in [0.25, 0.3) is 0 Å². The van der Waals surface area contributed by atoms with Crippen molar-refractivity contribution in [2.24, 2.45) is 11.8 Å². The highest BCUT2D eigenvalue weighted by Crippen LogP contribution is 2.36. The highest BCUT2D eigenvalue weighted by atomic mass is 16.3. The largest absolute Gasteiger partial charge is 0.399 e. The van der Waals surface area contributed by atoms with E-state index in [2.05, 4.69) is 19.1 Å². The van der Waals surface area contributed by atoms with E-state index in [1.807, 2.05) is 0 Å². The topological polar surface area (TPSA) is 60.7 Å². The van der Waals surface area contributed by atoms with Gasteiger partial charge in [-0.3, -0.25) is 0 Å². The molecule has 2 radical (unpaired) electrons. The lowest BCUT2D eigenvalue weighted by Crippen LogP contribution is -2.20. The first kappa shape index (κ1) is 16.5. The van der Waals surface area contributed by atoms with Crippen molar-refractivity contribution < 1.29 is 15.3 Å². The molecule has 1 rings (SSSR count). The molecule has 0 saturated heterocycles. The quantitative estimate of drug-likeness (QED) is 0.371. The lowest BCUT2D eigenvalue weighted by molar-refractivity contribution is 0.120. The Kier molecular flexibility index (Phi) is 7.43. The van der Waals surface area contributed by atoms with E-state index in [1.54, 1.807) is 6.08 Å². The van der Waals surface area contributed by atoms with Crippen molar-refractivity contribution in [1.82, 2.24) is 0 Å². The Morgan fingerprint density at radius 2 is 2.00 bits per heavy atom. The monoisotopic (exact) mass is 264 g/mol. The summed E-state index contributed by atoms with van der Waals surface area (Å²) in [6.07, 6.45) is 10.9. The Hall–Kier alpha value is -0.575. The molecule has 1 aliphatic rings. The number of hydrogen-bond acceptors (Lipinski definition) is 3. The molecule has 0 amide bonds. The number of unbranched alkanes of at least 4 members (excludes halogenated alkanes) is 2. The fourth-order valence-corrected chi connectivity index (χ4v) is 2.64. The normalized spacial score (nSPS) is 33.5. The maximum absolute atomic E-state index is 9.98. The number of allylic oxidation sites excluding steroid dienone is 2.